The predicted molar refractivity (Wildman–Crippen MR) is 107 cm³/mol. The van der Waals surface area contributed by atoms with Gasteiger partial charge in [-0.15, -0.1) is 0 Å². The number of nitrogens with one attached hydrogen (secondary N) is 2. The molecule has 0 spiro atoms. The largest absolute Gasteiger partial charge is 0.496 e. The van der Waals surface area contributed by atoms with E-state index in [0.29, 0.717) is 18.2 Å². The average molecular weight is 382 g/mol. The second-order valence-corrected chi connectivity index (χ2v) is 6.85. The third-order valence-corrected chi connectivity index (χ3v) is 5.02. The molecule has 0 bridgehead atoms. The molecule has 2 heterocycles. The van der Waals surface area contributed by atoms with Crippen molar-refractivity contribution >= 4 is 17.5 Å². The van der Waals surface area contributed by atoms with Gasteiger partial charge in [0.1, 0.15) is 5.75 Å². The molecule has 1 aromatic heterocycles. The third-order valence-electron chi connectivity index (χ3n) is 5.02. The normalized spacial score (nSPS) is 14.4. The van der Waals surface area contributed by atoms with E-state index in [1.807, 2.05) is 36.5 Å². The van der Waals surface area contributed by atoms with Gasteiger partial charge >= 0.3 is 11.8 Å². The van der Waals surface area contributed by atoms with Crippen LogP contribution in [-0.2, 0) is 16.1 Å². The molecule has 0 radical (unpaired) electrons. The Morgan fingerprint density at radius 1 is 1.11 bits per heavy atom. The molecule has 2 N–H and O–H groups in total. The zero-order valence-corrected chi connectivity index (χ0v) is 16.1. The number of benzene rings is 1. The second-order valence-electron chi connectivity index (χ2n) is 6.85. The van der Waals surface area contributed by atoms with Crippen LogP contribution in [-0.4, -0.2) is 43.5 Å². The van der Waals surface area contributed by atoms with E-state index in [1.54, 1.807) is 13.3 Å². The van der Waals surface area contributed by atoms with Crippen LogP contribution in [0.5, 0.6) is 5.75 Å². The summed E-state index contributed by atoms with van der Waals surface area (Å²) in [6, 6.07) is 11.4. The maximum absolute atomic E-state index is 12.1. The number of hydrogen-bond acceptors (Lipinski definition) is 5. The van der Waals surface area contributed by atoms with Crippen LogP contribution in [0.15, 0.2) is 48.8 Å². The summed E-state index contributed by atoms with van der Waals surface area (Å²) < 4.78 is 5.25. The summed E-state index contributed by atoms with van der Waals surface area (Å²) in [5, 5.41) is 5.40. The van der Waals surface area contributed by atoms with Crippen LogP contribution in [0.4, 0.5) is 5.69 Å². The molecule has 7 heteroatoms. The lowest BCUT2D eigenvalue weighted by atomic mass is 9.96. The van der Waals surface area contributed by atoms with Crippen LogP contribution in [0.2, 0.25) is 0 Å². The molecule has 2 aromatic rings. The lowest BCUT2D eigenvalue weighted by molar-refractivity contribution is -0.139. The van der Waals surface area contributed by atoms with E-state index in [0.717, 1.165) is 37.2 Å². The predicted octanol–water partition coefficient (Wildman–Crippen LogP) is 1.74. The van der Waals surface area contributed by atoms with Crippen molar-refractivity contribution < 1.29 is 14.3 Å². The van der Waals surface area contributed by atoms with Crippen LogP contribution >= 0.6 is 0 Å². The fourth-order valence-corrected chi connectivity index (χ4v) is 3.36. The van der Waals surface area contributed by atoms with Crippen LogP contribution in [0, 0.1) is 5.92 Å². The first kappa shape index (κ1) is 19.7. The molecule has 148 valence electrons. The minimum atomic E-state index is -0.626. The summed E-state index contributed by atoms with van der Waals surface area (Å²) in [5.41, 5.74) is 1.95. The summed E-state index contributed by atoms with van der Waals surface area (Å²) in [4.78, 5) is 30.6. The highest BCUT2D eigenvalue weighted by Gasteiger charge is 2.21. The van der Waals surface area contributed by atoms with Crippen LogP contribution in [0.3, 0.4) is 0 Å². The van der Waals surface area contributed by atoms with Gasteiger partial charge in [0.25, 0.3) is 0 Å². The number of anilines is 1. The number of amides is 2. The lowest BCUT2D eigenvalue weighted by Gasteiger charge is -2.33. The first-order chi connectivity index (χ1) is 13.7. The van der Waals surface area contributed by atoms with E-state index in [-0.39, 0.29) is 6.54 Å². The number of carbonyl (C=O) groups is 2. The topological polar surface area (TPSA) is 83.6 Å². The smallest absolute Gasteiger partial charge is 0.309 e. The minimum Gasteiger partial charge on any atom is -0.496 e. The van der Waals surface area contributed by atoms with Crippen molar-refractivity contribution in [2.75, 3.05) is 31.6 Å². The SMILES string of the molecule is COc1ccccc1CNC(=O)C(=O)NCC1CCN(c2cccnc2)CC1. The molecule has 28 heavy (non-hydrogen) atoms. The molecule has 1 aromatic carbocycles. The summed E-state index contributed by atoms with van der Waals surface area (Å²) >= 11 is 0. The van der Waals surface area contributed by atoms with Gasteiger partial charge in [-0.2, -0.15) is 0 Å². The molecule has 1 aliphatic heterocycles. The molecule has 3 rings (SSSR count). The maximum Gasteiger partial charge on any atom is 0.309 e. The fraction of sp³-hybridized carbons (Fsp3) is 0.381. The number of pyridine rings is 1. The Morgan fingerprint density at radius 3 is 2.57 bits per heavy atom. The van der Waals surface area contributed by atoms with Gasteiger partial charge in [-0.1, -0.05) is 18.2 Å². The van der Waals surface area contributed by atoms with Crippen LogP contribution in [0.1, 0.15) is 18.4 Å². The van der Waals surface area contributed by atoms with Crippen molar-refractivity contribution in [2.24, 2.45) is 5.92 Å². The van der Waals surface area contributed by atoms with Crippen molar-refractivity contribution in [3.8, 4) is 5.75 Å². The molecule has 1 fully saturated rings. The quantitative estimate of drug-likeness (QED) is 0.744. The van der Waals surface area contributed by atoms with Gasteiger partial charge in [0.05, 0.1) is 19.0 Å². The molecule has 2 amide bonds. The van der Waals surface area contributed by atoms with Gasteiger partial charge in [-0.3, -0.25) is 14.6 Å². The van der Waals surface area contributed by atoms with E-state index in [4.69, 9.17) is 4.74 Å². The number of rotatable bonds is 6. The first-order valence-corrected chi connectivity index (χ1v) is 9.50. The van der Waals surface area contributed by atoms with E-state index in [2.05, 4.69) is 26.6 Å². The highest BCUT2D eigenvalue weighted by Crippen LogP contribution is 2.22. The standard InChI is InChI=1S/C21H26N4O3/c1-28-19-7-3-2-5-17(19)14-24-21(27)20(26)23-13-16-8-11-25(12-9-16)18-6-4-10-22-15-18/h2-7,10,15-16H,8-9,11-14H2,1H3,(H,23,26)(H,24,27). The number of methoxy groups -OCH3 is 1. The summed E-state index contributed by atoms with van der Waals surface area (Å²) in [5.74, 6) is -0.161. The van der Waals surface area contributed by atoms with Crippen LogP contribution < -0.4 is 20.3 Å². The maximum atomic E-state index is 12.1. The van der Waals surface area contributed by atoms with E-state index in [1.165, 1.54) is 0 Å². The van der Waals surface area contributed by atoms with Gasteiger partial charge in [0, 0.05) is 37.9 Å². The number of para-hydroxylation sites is 1. The van der Waals surface area contributed by atoms with Crippen LogP contribution in [0.25, 0.3) is 0 Å². The average Bonchev–Trinajstić information content (AvgIpc) is 2.77. The summed E-state index contributed by atoms with van der Waals surface area (Å²) in [7, 11) is 1.58. The van der Waals surface area contributed by atoms with Gasteiger partial charge in [0.2, 0.25) is 0 Å². The number of nitrogens with zero attached hydrogens (tertiary/aromatic N) is 2. The number of carbonyl (C=O) groups excluding carboxylic acids is 2. The van der Waals surface area contributed by atoms with Gasteiger partial charge in [-0.25, -0.2) is 0 Å². The molecular formula is C21H26N4O3. The molecule has 0 aliphatic carbocycles. The zero-order valence-electron chi connectivity index (χ0n) is 16.1. The van der Waals surface area contributed by atoms with Gasteiger partial charge < -0.3 is 20.3 Å². The van der Waals surface area contributed by atoms with Crippen molar-refractivity contribution in [1.29, 1.82) is 0 Å². The molecule has 0 atom stereocenters. The zero-order chi connectivity index (χ0) is 19.8. The van der Waals surface area contributed by atoms with Crippen molar-refractivity contribution in [3.63, 3.8) is 0 Å². The molecule has 1 saturated heterocycles. The molecule has 0 unspecified atom stereocenters. The highest BCUT2D eigenvalue weighted by molar-refractivity contribution is 6.35. The Kier molecular flexibility index (Phi) is 6.84. The Bertz CT molecular complexity index is 789. The fourth-order valence-electron chi connectivity index (χ4n) is 3.36. The Morgan fingerprint density at radius 2 is 1.86 bits per heavy atom. The van der Waals surface area contributed by atoms with Gasteiger partial charge in [-0.05, 0) is 37.0 Å². The minimum absolute atomic E-state index is 0.250. The molecular weight excluding hydrogens is 356 g/mol. The molecule has 7 nitrogen and oxygen atoms in total. The number of ether oxygens (including phenoxy) is 1. The molecule has 0 saturated carbocycles. The number of aromatic nitrogens is 1. The van der Waals surface area contributed by atoms with E-state index < -0.39 is 11.8 Å². The highest BCUT2D eigenvalue weighted by atomic mass is 16.5. The third kappa shape index (κ3) is 5.22. The van der Waals surface area contributed by atoms with E-state index in [9.17, 15) is 9.59 Å². The van der Waals surface area contributed by atoms with Gasteiger partial charge in [0.15, 0.2) is 0 Å². The molecule has 1 aliphatic rings. The summed E-state index contributed by atoms with van der Waals surface area (Å²) in [6.07, 6.45) is 5.58. The lowest BCUT2D eigenvalue weighted by Crippen LogP contribution is -2.43. The van der Waals surface area contributed by atoms with Crippen molar-refractivity contribution in [3.05, 3.63) is 54.4 Å². The monoisotopic (exact) mass is 382 g/mol. The Hall–Kier alpha value is -3.09. The Balaban J connectivity index is 1.39. The first-order valence-electron chi connectivity index (χ1n) is 9.50. The number of piperidine rings is 1. The van der Waals surface area contributed by atoms with Crippen molar-refractivity contribution in [2.45, 2.75) is 19.4 Å². The van der Waals surface area contributed by atoms with E-state index >= 15 is 0 Å². The second kappa shape index (κ2) is 9.73. The number of hydrogen-bond donors (Lipinski definition) is 2. The Labute approximate surface area is 165 Å². The summed E-state index contributed by atoms with van der Waals surface area (Å²) in [6.45, 7) is 2.61. The van der Waals surface area contributed by atoms with Crippen molar-refractivity contribution in [1.82, 2.24) is 15.6 Å².